The highest BCUT2D eigenvalue weighted by molar-refractivity contribution is 6.18. The molecule has 1 aliphatic rings. The number of halogens is 2. The molecule has 3 heteroatoms. The van der Waals surface area contributed by atoms with Gasteiger partial charge in [0, 0.05) is 17.9 Å². The normalized spacial score (nSPS) is 20.4. The number of benzene rings is 1. The zero-order chi connectivity index (χ0) is 13.3. The van der Waals surface area contributed by atoms with E-state index in [2.05, 4.69) is 20.8 Å². The molecule has 2 atom stereocenters. The number of hydrogen-bond acceptors (Lipinski definition) is 1. The Balaban J connectivity index is 2.03. The molecule has 0 saturated carbocycles. The molecule has 1 aromatic carbocycles. The van der Waals surface area contributed by atoms with E-state index in [1.807, 2.05) is 0 Å². The van der Waals surface area contributed by atoms with Gasteiger partial charge in [0.1, 0.15) is 17.7 Å². The van der Waals surface area contributed by atoms with Crippen LogP contribution in [-0.4, -0.2) is 12.0 Å². The van der Waals surface area contributed by atoms with Crippen molar-refractivity contribution in [1.82, 2.24) is 0 Å². The molecule has 1 nitrogen and oxygen atoms in total. The van der Waals surface area contributed by atoms with Crippen molar-refractivity contribution >= 4 is 11.6 Å². The molecule has 0 bridgehead atoms. The maximum Gasteiger partial charge on any atom is 0.123 e. The quantitative estimate of drug-likeness (QED) is 0.739. The lowest BCUT2D eigenvalue weighted by molar-refractivity contribution is 0.148. The molecule has 0 saturated heterocycles. The molecule has 0 spiro atoms. The summed E-state index contributed by atoms with van der Waals surface area (Å²) in [6.45, 7) is 6.59. The predicted molar refractivity (Wildman–Crippen MR) is 72.8 cm³/mol. The number of alkyl halides is 1. The van der Waals surface area contributed by atoms with E-state index in [-0.39, 0.29) is 17.3 Å². The van der Waals surface area contributed by atoms with Crippen LogP contribution in [0.15, 0.2) is 18.2 Å². The van der Waals surface area contributed by atoms with E-state index in [1.165, 1.54) is 6.07 Å². The van der Waals surface area contributed by atoms with E-state index in [0.29, 0.717) is 11.8 Å². The summed E-state index contributed by atoms with van der Waals surface area (Å²) in [7, 11) is 0. The Hall–Kier alpha value is -0.760. The second-order valence-corrected chi connectivity index (χ2v) is 6.46. The van der Waals surface area contributed by atoms with Crippen LogP contribution in [0.2, 0.25) is 0 Å². The fraction of sp³-hybridized carbons (Fsp3) is 0.600. The van der Waals surface area contributed by atoms with E-state index in [4.69, 9.17) is 16.3 Å². The van der Waals surface area contributed by atoms with Crippen molar-refractivity contribution in [2.24, 2.45) is 11.3 Å². The molecule has 0 fully saturated rings. The molecular formula is C15H20ClFO. The van der Waals surface area contributed by atoms with Crippen molar-refractivity contribution < 1.29 is 9.13 Å². The highest BCUT2D eigenvalue weighted by Gasteiger charge is 2.31. The standard InChI is InChI=1S/C15H20ClFO/c1-15(2,3)11(9-16)8-13-7-10-6-12(17)4-5-14(10)18-13/h4-6,11,13H,7-9H2,1-3H3. The number of ether oxygens (including phenoxy) is 1. The second kappa shape index (κ2) is 5.08. The Morgan fingerprint density at radius 3 is 2.78 bits per heavy atom. The smallest absolute Gasteiger partial charge is 0.123 e. The van der Waals surface area contributed by atoms with Gasteiger partial charge in [-0.05, 0) is 36.0 Å². The highest BCUT2D eigenvalue weighted by atomic mass is 35.5. The van der Waals surface area contributed by atoms with E-state index in [1.54, 1.807) is 12.1 Å². The summed E-state index contributed by atoms with van der Waals surface area (Å²) in [5.41, 5.74) is 1.15. The van der Waals surface area contributed by atoms with E-state index in [9.17, 15) is 4.39 Å². The summed E-state index contributed by atoms with van der Waals surface area (Å²) in [5, 5.41) is 0. The summed E-state index contributed by atoms with van der Waals surface area (Å²) in [5.74, 6) is 1.67. The van der Waals surface area contributed by atoms with Crippen LogP contribution in [0.4, 0.5) is 4.39 Å². The molecule has 0 amide bonds. The van der Waals surface area contributed by atoms with Crippen LogP contribution in [0.3, 0.4) is 0 Å². The van der Waals surface area contributed by atoms with Gasteiger partial charge in [-0.25, -0.2) is 4.39 Å². The summed E-state index contributed by atoms with van der Waals surface area (Å²) in [4.78, 5) is 0. The Morgan fingerprint density at radius 2 is 2.17 bits per heavy atom. The minimum absolute atomic E-state index is 0.129. The first-order valence-electron chi connectivity index (χ1n) is 6.41. The first-order valence-corrected chi connectivity index (χ1v) is 6.94. The lowest BCUT2D eigenvalue weighted by Gasteiger charge is -2.30. The van der Waals surface area contributed by atoms with Gasteiger partial charge in [-0.2, -0.15) is 0 Å². The lowest BCUT2D eigenvalue weighted by Crippen LogP contribution is -2.28. The Morgan fingerprint density at radius 1 is 1.44 bits per heavy atom. The topological polar surface area (TPSA) is 9.23 Å². The largest absolute Gasteiger partial charge is 0.490 e. The van der Waals surface area contributed by atoms with Crippen molar-refractivity contribution in [1.29, 1.82) is 0 Å². The van der Waals surface area contributed by atoms with Crippen LogP contribution in [0, 0.1) is 17.2 Å². The molecule has 0 aromatic heterocycles. The summed E-state index contributed by atoms with van der Waals surface area (Å²) < 4.78 is 19.0. The van der Waals surface area contributed by atoms with E-state index in [0.717, 1.165) is 24.2 Å². The van der Waals surface area contributed by atoms with Gasteiger partial charge in [0.15, 0.2) is 0 Å². The van der Waals surface area contributed by atoms with Crippen molar-refractivity contribution in [3.63, 3.8) is 0 Å². The van der Waals surface area contributed by atoms with Crippen LogP contribution >= 0.6 is 11.6 Å². The number of fused-ring (bicyclic) bond motifs is 1. The van der Waals surface area contributed by atoms with Crippen LogP contribution in [0.5, 0.6) is 5.75 Å². The highest BCUT2D eigenvalue weighted by Crippen LogP contribution is 2.36. The minimum atomic E-state index is -0.192. The monoisotopic (exact) mass is 270 g/mol. The molecule has 2 rings (SSSR count). The first kappa shape index (κ1) is 13.7. The van der Waals surface area contributed by atoms with Crippen LogP contribution in [-0.2, 0) is 6.42 Å². The average Bonchev–Trinajstić information content (AvgIpc) is 2.65. The SMILES string of the molecule is CC(C)(C)C(CCl)CC1Cc2cc(F)ccc2O1. The Bertz CT molecular complexity index is 425. The van der Waals surface area contributed by atoms with Crippen LogP contribution < -0.4 is 4.74 Å². The molecule has 1 aliphatic heterocycles. The maximum absolute atomic E-state index is 13.1. The molecule has 0 aliphatic carbocycles. The average molecular weight is 271 g/mol. The van der Waals surface area contributed by atoms with E-state index >= 15 is 0 Å². The third-order valence-electron chi connectivity index (χ3n) is 3.72. The molecule has 0 radical (unpaired) electrons. The molecule has 100 valence electrons. The fourth-order valence-corrected chi connectivity index (χ4v) is 2.97. The summed E-state index contributed by atoms with van der Waals surface area (Å²) >= 11 is 6.05. The Labute approximate surface area is 113 Å². The zero-order valence-electron chi connectivity index (χ0n) is 11.2. The van der Waals surface area contributed by atoms with Crippen molar-refractivity contribution in [2.75, 3.05) is 5.88 Å². The van der Waals surface area contributed by atoms with Gasteiger partial charge in [-0.1, -0.05) is 20.8 Å². The molecule has 0 N–H and O–H groups in total. The second-order valence-electron chi connectivity index (χ2n) is 6.15. The zero-order valence-corrected chi connectivity index (χ0v) is 11.9. The third kappa shape index (κ3) is 2.97. The van der Waals surface area contributed by atoms with Crippen LogP contribution in [0.1, 0.15) is 32.8 Å². The fourth-order valence-electron chi connectivity index (χ4n) is 2.39. The van der Waals surface area contributed by atoms with Crippen molar-refractivity contribution in [2.45, 2.75) is 39.7 Å². The van der Waals surface area contributed by atoms with Gasteiger partial charge in [0.05, 0.1) is 0 Å². The third-order valence-corrected chi connectivity index (χ3v) is 4.09. The molecule has 1 heterocycles. The van der Waals surface area contributed by atoms with Gasteiger partial charge in [0.2, 0.25) is 0 Å². The molecule has 2 unspecified atom stereocenters. The van der Waals surface area contributed by atoms with Gasteiger partial charge >= 0.3 is 0 Å². The molecule has 1 aromatic rings. The summed E-state index contributed by atoms with van der Waals surface area (Å²) in [6.07, 6.45) is 1.84. The minimum Gasteiger partial charge on any atom is -0.490 e. The maximum atomic E-state index is 13.1. The van der Waals surface area contributed by atoms with E-state index < -0.39 is 0 Å². The predicted octanol–water partition coefficient (Wildman–Crippen LogP) is 4.42. The molecular weight excluding hydrogens is 251 g/mol. The number of hydrogen-bond donors (Lipinski definition) is 0. The van der Waals surface area contributed by atoms with Gasteiger partial charge < -0.3 is 4.74 Å². The van der Waals surface area contributed by atoms with Crippen molar-refractivity contribution in [3.05, 3.63) is 29.6 Å². The first-order chi connectivity index (χ1) is 8.40. The molecule has 18 heavy (non-hydrogen) atoms. The number of rotatable bonds is 3. The van der Waals surface area contributed by atoms with Gasteiger partial charge in [-0.15, -0.1) is 11.6 Å². The van der Waals surface area contributed by atoms with Crippen LogP contribution in [0.25, 0.3) is 0 Å². The Kier molecular flexibility index (Phi) is 3.86. The summed E-state index contributed by atoms with van der Waals surface area (Å²) in [6, 6.07) is 4.74. The van der Waals surface area contributed by atoms with Crippen molar-refractivity contribution in [3.8, 4) is 5.75 Å². The van der Waals surface area contributed by atoms with Gasteiger partial charge in [0.25, 0.3) is 0 Å². The lowest BCUT2D eigenvalue weighted by atomic mass is 9.78. The van der Waals surface area contributed by atoms with Gasteiger partial charge in [-0.3, -0.25) is 0 Å².